The Morgan fingerprint density at radius 3 is 2.48 bits per heavy atom. The van der Waals surface area contributed by atoms with Crippen molar-refractivity contribution in [2.24, 2.45) is 0 Å². The van der Waals surface area contributed by atoms with E-state index in [9.17, 15) is 9.59 Å². The van der Waals surface area contributed by atoms with Crippen LogP contribution in [0.5, 0.6) is 0 Å². The molecule has 0 N–H and O–H groups in total. The standard InChI is InChI=1S/C16H8N2O3/c19-14-10-7-4-8-17-13(10)15(20)16-11(14)12(18-21-16)9-5-2-1-3-6-9/h1-8H. The minimum Gasteiger partial charge on any atom is -0.351 e. The molecule has 1 aliphatic carbocycles. The summed E-state index contributed by atoms with van der Waals surface area (Å²) in [5.74, 6) is -0.729. The third-order valence-corrected chi connectivity index (χ3v) is 3.44. The summed E-state index contributed by atoms with van der Waals surface area (Å²) in [6, 6.07) is 12.4. The van der Waals surface area contributed by atoms with Crippen LogP contribution in [0.2, 0.25) is 0 Å². The summed E-state index contributed by atoms with van der Waals surface area (Å²) in [4.78, 5) is 28.9. The number of benzene rings is 1. The van der Waals surface area contributed by atoms with Crippen LogP contribution in [0.4, 0.5) is 0 Å². The van der Waals surface area contributed by atoms with Crippen LogP contribution in [0, 0.1) is 0 Å². The Hall–Kier alpha value is -3.08. The second-order valence-electron chi connectivity index (χ2n) is 4.66. The van der Waals surface area contributed by atoms with Crippen LogP contribution in [0.3, 0.4) is 0 Å². The van der Waals surface area contributed by atoms with E-state index in [1.807, 2.05) is 30.3 Å². The highest BCUT2D eigenvalue weighted by Gasteiger charge is 2.37. The van der Waals surface area contributed by atoms with E-state index in [2.05, 4.69) is 10.1 Å². The highest BCUT2D eigenvalue weighted by atomic mass is 16.5. The van der Waals surface area contributed by atoms with E-state index in [0.29, 0.717) is 5.69 Å². The molecule has 0 spiro atoms. The van der Waals surface area contributed by atoms with E-state index >= 15 is 0 Å². The lowest BCUT2D eigenvalue weighted by Crippen LogP contribution is -2.21. The smallest absolute Gasteiger partial charge is 0.250 e. The third-order valence-electron chi connectivity index (χ3n) is 3.44. The first-order valence-electron chi connectivity index (χ1n) is 6.37. The van der Waals surface area contributed by atoms with Gasteiger partial charge in [-0.2, -0.15) is 0 Å². The Morgan fingerprint density at radius 1 is 0.857 bits per heavy atom. The molecule has 3 aromatic rings. The van der Waals surface area contributed by atoms with Crippen LogP contribution in [0.25, 0.3) is 11.3 Å². The largest absolute Gasteiger partial charge is 0.351 e. The fourth-order valence-electron chi connectivity index (χ4n) is 2.46. The van der Waals surface area contributed by atoms with Crippen molar-refractivity contribution in [1.82, 2.24) is 10.1 Å². The lowest BCUT2D eigenvalue weighted by Gasteiger charge is -2.11. The number of ketones is 2. The summed E-state index contributed by atoms with van der Waals surface area (Å²) >= 11 is 0. The minimum absolute atomic E-state index is 0.0370. The number of rotatable bonds is 1. The highest BCUT2D eigenvalue weighted by molar-refractivity contribution is 6.28. The maximum Gasteiger partial charge on any atom is 0.250 e. The van der Waals surface area contributed by atoms with E-state index in [0.717, 1.165) is 5.56 Å². The summed E-state index contributed by atoms with van der Waals surface area (Å²) in [6.07, 6.45) is 1.48. The molecule has 0 amide bonds. The normalized spacial score (nSPS) is 13.0. The van der Waals surface area contributed by atoms with Crippen molar-refractivity contribution in [3.63, 3.8) is 0 Å². The van der Waals surface area contributed by atoms with Gasteiger partial charge < -0.3 is 4.52 Å². The number of hydrogen-bond acceptors (Lipinski definition) is 5. The maximum atomic E-state index is 12.6. The van der Waals surface area contributed by atoms with Gasteiger partial charge in [0.05, 0.1) is 5.56 Å². The SMILES string of the molecule is O=C1c2ncccc2C(=O)c2c(-c3ccccc3)noc21. The molecule has 0 aliphatic heterocycles. The number of pyridine rings is 1. The molecular weight excluding hydrogens is 268 g/mol. The van der Waals surface area contributed by atoms with E-state index in [1.54, 1.807) is 12.1 Å². The molecule has 2 heterocycles. The van der Waals surface area contributed by atoms with Crippen molar-refractivity contribution < 1.29 is 14.1 Å². The van der Waals surface area contributed by atoms with Crippen LogP contribution in [0.1, 0.15) is 32.2 Å². The number of nitrogens with zero attached hydrogens (tertiary/aromatic N) is 2. The molecule has 0 radical (unpaired) electrons. The molecule has 5 heteroatoms. The topological polar surface area (TPSA) is 73.1 Å². The van der Waals surface area contributed by atoms with Crippen molar-refractivity contribution in [3.8, 4) is 11.3 Å². The molecule has 0 saturated carbocycles. The van der Waals surface area contributed by atoms with Gasteiger partial charge in [-0.3, -0.25) is 14.6 Å². The average molecular weight is 276 g/mol. The highest BCUT2D eigenvalue weighted by Crippen LogP contribution is 2.33. The van der Waals surface area contributed by atoms with Gasteiger partial charge in [-0.25, -0.2) is 0 Å². The van der Waals surface area contributed by atoms with Crippen molar-refractivity contribution in [2.45, 2.75) is 0 Å². The number of hydrogen-bond donors (Lipinski definition) is 0. The molecule has 4 rings (SSSR count). The van der Waals surface area contributed by atoms with Gasteiger partial charge in [0, 0.05) is 11.8 Å². The third kappa shape index (κ3) is 1.57. The summed E-state index contributed by atoms with van der Waals surface area (Å²) in [5.41, 5.74) is 1.74. The fourth-order valence-corrected chi connectivity index (χ4v) is 2.46. The molecule has 5 nitrogen and oxygen atoms in total. The van der Waals surface area contributed by atoms with Gasteiger partial charge in [-0.1, -0.05) is 35.5 Å². The van der Waals surface area contributed by atoms with Gasteiger partial charge in [0.1, 0.15) is 17.0 Å². The first-order chi connectivity index (χ1) is 10.3. The number of carbonyl (C=O) groups excluding carboxylic acids is 2. The second kappa shape index (κ2) is 4.21. The molecule has 1 aromatic carbocycles. The zero-order valence-corrected chi connectivity index (χ0v) is 10.7. The maximum absolute atomic E-state index is 12.6. The molecular formula is C16H8N2O3. The van der Waals surface area contributed by atoms with Gasteiger partial charge in [0.15, 0.2) is 0 Å². The van der Waals surface area contributed by atoms with Gasteiger partial charge in [0.2, 0.25) is 11.5 Å². The van der Waals surface area contributed by atoms with Crippen LogP contribution in [0.15, 0.2) is 53.2 Å². The zero-order chi connectivity index (χ0) is 14.4. The fraction of sp³-hybridized carbons (Fsp3) is 0. The molecule has 0 atom stereocenters. The Morgan fingerprint density at radius 2 is 1.67 bits per heavy atom. The number of aromatic nitrogens is 2. The monoisotopic (exact) mass is 276 g/mol. The molecule has 0 fully saturated rings. The first kappa shape index (κ1) is 11.7. The molecule has 0 unspecified atom stereocenters. The molecule has 0 saturated heterocycles. The molecule has 1 aliphatic rings. The minimum atomic E-state index is -0.408. The van der Waals surface area contributed by atoms with Gasteiger partial charge in [-0.05, 0) is 12.1 Å². The van der Waals surface area contributed by atoms with Gasteiger partial charge in [-0.15, -0.1) is 0 Å². The Balaban J connectivity index is 1.98. The summed E-state index contributed by atoms with van der Waals surface area (Å²) in [5, 5.41) is 3.91. The summed E-state index contributed by atoms with van der Waals surface area (Å²) < 4.78 is 5.12. The van der Waals surface area contributed by atoms with Crippen molar-refractivity contribution in [1.29, 1.82) is 0 Å². The Kier molecular flexibility index (Phi) is 2.35. The van der Waals surface area contributed by atoms with Crippen LogP contribution in [-0.4, -0.2) is 21.7 Å². The van der Waals surface area contributed by atoms with Crippen LogP contribution in [-0.2, 0) is 0 Å². The van der Waals surface area contributed by atoms with Gasteiger partial charge >= 0.3 is 0 Å². The van der Waals surface area contributed by atoms with Gasteiger partial charge in [0.25, 0.3) is 5.78 Å². The van der Waals surface area contributed by atoms with Crippen LogP contribution >= 0.6 is 0 Å². The first-order valence-corrected chi connectivity index (χ1v) is 6.37. The predicted octanol–water partition coefficient (Wildman–Crippen LogP) is 2.51. The van der Waals surface area contributed by atoms with E-state index < -0.39 is 5.78 Å². The molecule has 0 bridgehead atoms. The van der Waals surface area contributed by atoms with E-state index in [4.69, 9.17) is 4.52 Å². The summed E-state index contributed by atoms with van der Waals surface area (Å²) in [7, 11) is 0. The molecule has 21 heavy (non-hydrogen) atoms. The van der Waals surface area contributed by atoms with Crippen molar-refractivity contribution >= 4 is 11.6 Å². The average Bonchev–Trinajstić information content (AvgIpc) is 2.99. The summed E-state index contributed by atoms with van der Waals surface area (Å²) in [6.45, 7) is 0. The lowest BCUT2D eigenvalue weighted by atomic mass is 9.89. The van der Waals surface area contributed by atoms with Crippen molar-refractivity contribution in [3.05, 3.63) is 71.2 Å². The number of carbonyl (C=O) groups is 2. The van der Waals surface area contributed by atoms with Crippen LogP contribution < -0.4 is 0 Å². The quantitative estimate of drug-likeness (QED) is 0.534. The Labute approximate surface area is 119 Å². The predicted molar refractivity (Wildman–Crippen MR) is 73.0 cm³/mol. The zero-order valence-electron chi connectivity index (χ0n) is 10.7. The molecule has 2 aromatic heterocycles. The lowest BCUT2D eigenvalue weighted by molar-refractivity contribution is 0.0950. The van der Waals surface area contributed by atoms with Crippen molar-refractivity contribution in [2.75, 3.05) is 0 Å². The van der Waals surface area contributed by atoms with E-state index in [-0.39, 0.29) is 28.4 Å². The number of fused-ring (bicyclic) bond motifs is 2. The Bertz CT molecular complexity index is 882. The molecule has 100 valence electrons. The second-order valence-corrected chi connectivity index (χ2v) is 4.66. The van der Waals surface area contributed by atoms with E-state index in [1.165, 1.54) is 6.20 Å².